The maximum atomic E-state index is 12.8. The zero-order chi connectivity index (χ0) is 30.8. The molecule has 10 nitrogen and oxygen atoms in total. The Morgan fingerprint density at radius 1 is 0.951 bits per heavy atom. The lowest BCUT2D eigenvalue weighted by molar-refractivity contribution is -0.173. The number of esters is 2. The van der Waals surface area contributed by atoms with E-state index in [-0.39, 0.29) is 47.2 Å². The lowest BCUT2D eigenvalue weighted by Gasteiger charge is -2.16. The number of hydrogen-bond acceptors (Lipinski definition) is 10. The molecule has 0 atom stereocenters. The van der Waals surface area contributed by atoms with Crippen molar-refractivity contribution in [1.29, 1.82) is 0 Å². The number of ether oxygens (including phenoxy) is 3. The van der Waals surface area contributed by atoms with Crippen molar-refractivity contribution in [1.82, 2.24) is 0 Å². The van der Waals surface area contributed by atoms with Crippen molar-refractivity contribution in [3.05, 3.63) is 53.1 Å². The Kier molecular flexibility index (Phi) is 12.1. The summed E-state index contributed by atoms with van der Waals surface area (Å²) < 4.78 is 40.9. The third-order valence-electron chi connectivity index (χ3n) is 5.98. The normalized spacial score (nSPS) is 11.5. The maximum Gasteiger partial charge on any atom is 0.316 e. The molecule has 0 saturated heterocycles. The van der Waals surface area contributed by atoms with Crippen LogP contribution < -0.4 is 4.74 Å². The zero-order valence-corrected chi connectivity index (χ0v) is 25.0. The Labute approximate surface area is 240 Å². The Bertz CT molecular complexity index is 1350. The summed E-state index contributed by atoms with van der Waals surface area (Å²) in [4.78, 5) is 47.5. The van der Waals surface area contributed by atoms with Gasteiger partial charge in [-0.25, -0.2) is 8.42 Å². The molecule has 2 aromatic rings. The minimum Gasteiger partial charge on any atom is -0.507 e. The van der Waals surface area contributed by atoms with Crippen molar-refractivity contribution in [2.75, 3.05) is 19.2 Å². The fourth-order valence-electron chi connectivity index (χ4n) is 3.76. The monoisotopic (exact) mass is 590 g/mol. The second-order valence-electron chi connectivity index (χ2n) is 10.6. The Morgan fingerprint density at radius 2 is 1.61 bits per heavy atom. The second-order valence-corrected chi connectivity index (χ2v) is 12.7. The molecular weight excluding hydrogens is 552 g/mol. The van der Waals surface area contributed by atoms with Gasteiger partial charge >= 0.3 is 11.9 Å². The molecule has 0 aliphatic carbocycles. The van der Waals surface area contributed by atoms with Gasteiger partial charge in [-0.1, -0.05) is 25.5 Å². The van der Waals surface area contributed by atoms with Crippen molar-refractivity contribution in [3.8, 4) is 11.5 Å². The summed E-state index contributed by atoms with van der Waals surface area (Å²) in [6.45, 7) is 7.78. The molecular formula is C30H38O10S. The van der Waals surface area contributed by atoms with Crippen molar-refractivity contribution in [2.24, 2.45) is 5.41 Å². The Morgan fingerprint density at radius 3 is 2.20 bits per heavy atom. The number of rotatable bonds is 15. The summed E-state index contributed by atoms with van der Waals surface area (Å²) >= 11 is 0. The first-order chi connectivity index (χ1) is 19.2. The van der Waals surface area contributed by atoms with Crippen LogP contribution in [0.2, 0.25) is 0 Å². The molecule has 0 spiro atoms. The highest BCUT2D eigenvalue weighted by atomic mass is 32.2. The molecule has 0 heterocycles. The predicted molar refractivity (Wildman–Crippen MR) is 151 cm³/mol. The van der Waals surface area contributed by atoms with Gasteiger partial charge in [-0.05, 0) is 70.4 Å². The van der Waals surface area contributed by atoms with Crippen LogP contribution in [0.25, 0.3) is 0 Å². The number of phenolic OH excluding ortho intramolecular Hbond substituents is 1. The van der Waals surface area contributed by atoms with E-state index >= 15 is 0 Å². The molecule has 0 amide bonds. The van der Waals surface area contributed by atoms with Crippen LogP contribution in [-0.2, 0) is 46.5 Å². The number of ketones is 2. The molecule has 0 aliphatic heterocycles. The van der Waals surface area contributed by atoms with Crippen LogP contribution >= 0.6 is 0 Å². The van der Waals surface area contributed by atoms with E-state index in [0.717, 1.165) is 6.42 Å². The van der Waals surface area contributed by atoms with Crippen LogP contribution in [-0.4, -0.2) is 56.2 Å². The fourth-order valence-corrected chi connectivity index (χ4v) is 5.04. The van der Waals surface area contributed by atoms with Crippen LogP contribution in [0.1, 0.15) is 75.4 Å². The topological polar surface area (TPSA) is 150 Å². The third-order valence-corrected chi connectivity index (χ3v) is 7.80. The van der Waals surface area contributed by atoms with Gasteiger partial charge in [0.2, 0.25) is 6.79 Å². The van der Waals surface area contributed by atoms with Crippen LogP contribution in [0.3, 0.4) is 0 Å². The van der Waals surface area contributed by atoms with Crippen LogP contribution in [0, 0.1) is 5.41 Å². The number of carbonyl (C=O) groups excluding carboxylic acids is 4. The molecule has 224 valence electrons. The zero-order valence-electron chi connectivity index (χ0n) is 24.2. The van der Waals surface area contributed by atoms with Gasteiger partial charge in [0.15, 0.2) is 15.6 Å². The molecule has 0 radical (unpaired) electrons. The molecule has 0 saturated carbocycles. The molecule has 2 rings (SSSR count). The lowest BCUT2D eigenvalue weighted by atomic mass is 9.98. The van der Waals surface area contributed by atoms with E-state index in [0.29, 0.717) is 23.3 Å². The standard InChI is InChI=1S/C30H38O10S/c1-6-8-25-26(14-13-24(20(2)31)28(25)34)38-15-7-16-41(36,37)23-11-9-21(10-12-23)17-22(32)18-27(33)39-19-40-29(35)30(3,4)5/h9-14,34H,6-8,15-19H2,1-5H3. The largest absolute Gasteiger partial charge is 0.507 e. The quantitative estimate of drug-likeness (QED) is 0.104. The van der Waals surface area contributed by atoms with Gasteiger partial charge in [-0.2, -0.15) is 0 Å². The first-order valence-electron chi connectivity index (χ1n) is 13.3. The highest BCUT2D eigenvalue weighted by Gasteiger charge is 2.24. The fraction of sp³-hybridized carbons (Fsp3) is 0.467. The van der Waals surface area contributed by atoms with Gasteiger partial charge in [0, 0.05) is 12.0 Å². The predicted octanol–water partition coefficient (Wildman–Crippen LogP) is 4.38. The molecule has 0 aliphatic rings. The average Bonchev–Trinajstić information content (AvgIpc) is 2.87. The number of hydrogen-bond donors (Lipinski definition) is 1. The van der Waals surface area contributed by atoms with Gasteiger partial charge in [0.1, 0.15) is 23.7 Å². The summed E-state index contributed by atoms with van der Waals surface area (Å²) in [5.74, 6) is -1.94. The van der Waals surface area contributed by atoms with Crippen molar-refractivity contribution in [2.45, 2.75) is 71.6 Å². The number of sulfone groups is 1. The van der Waals surface area contributed by atoms with Gasteiger partial charge in [0.05, 0.1) is 28.2 Å². The maximum absolute atomic E-state index is 12.8. The molecule has 0 fully saturated rings. The number of benzene rings is 2. The first-order valence-corrected chi connectivity index (χ1v) is 15.0. The summed E-state index contributed by atoms with van der Waals surface area (Å²) in [6, 6.07) is 8.92. The van der Waals surface area contributed by atoms with E-state index in [9.17, 15) is 32.7 Å². The van der Waals surface area contributed by atoms with E-state index in [1.54, 1.807) is 26.8 Å². The smallest absolute Gasteiger partial charge is 0.316 e. The highest BCUT2D eigenvalue weighted by molar-refractivity contribution is 7.91. The molecule has 0 bridgehead atoms. The van der Waals surface area contributed by atoms with Crippen LogP contribution in [0.15, 0.2) is 41.3 Å². The minimum atomic E-state index is -3.63. The molecule has 1 N–H and O–H groups in total. The number of aromatic hydroxyl groups is 1. The number of Topliss-reactive ketones (excluding diaryl/α,β-unsaturated/α-hetero) is 2. The lowest BCUT2D eigenvalue weighted by Crippen LogP contribution is -2.25. The average molecular weight is 591 g/mol. The van der Waals surface area contributed by atoms with E-state index in [4.69, 9.17) is 14.2 Å². The number of phenols is 1. The Balaban J connectivity index is 1.86. The van der Waals surface area contributed by atoms with E-state index in [1.807, 2.05) is 6.92 Å². The summed E-state index contributed by atoms with van der Waals surface area (Å²) in [5.41, 5.74) is 0.517. The molecule has 2 aromatic carbocycles. The summed E-state index contributed by atoms with van der Waals surface area (Å²) in [6.07, 6.45) is 0.808. The van der Waals surface area contributed by atoms with Crippen LogP contribution in [0.4, 0.5) is 0 Å². The minimum absolute atomic E-state index is 0.0869. The summed E-state index contributed by atoms with van der Waals surface area (Å²) in [5, 5.41) is 10.4. The first kappa shape index (κ1) is 33.5. The van der Waals surface area contributed by atoms with Gasteiger partial charge < -0.3 is 19.3 Å². The second kappa shape index (κ2) is 14.8. The molecule has 41 heavy (non-hydrogen) atoms. The van der Waals surface area contributed by atoms with Crippen molar-refractivity contribution >= 4 is 33.3 Å². The van der Waals surface area contributed by atoms with E-state index < -0.39 is 46.2 Å². The van der Waals surface area contributed by atoms with Gasteiger partial charge in [-0.3, -0.25) is 19.2 Å². The molecule has 11 heteroatoms. The number of carbonyl (C=O) groups is 4. The molecule has 0 aromatic heterocycles. The van der Waals surface area contributed by atoms with Gasteiger partial charge in [-0.15, -0.1) is 0 Å². The van der Waals surface area contributed by atoms with E-state index in [2.05, 4.69) is 0 Å². The van der Waals surface area contributed by atoms with Crippen LogP contribution in [0.5, 0.6) is 11.5 Å². The third kappa shape index (κ3) is 10.3. The Hall–Kier alpha value is -3.73. The SMILES string of the molecule is CCCc1c(OCCCS(=O)(=O)c2ccc(CC(=O)CC(=O)OCOC(=O)C(C)(C)C)cc2)ccc(C(C)=O)c1O. The van der Waals surface area contributed by atoms with E-state index in [1.165, 1.54) is 37.3 Å². The summed E-state index contributed by atoms with van der Waals surface area (Å²) in [7, 11) is -3.63. The van der Waals surface area contributed by atoms with Crippen molar-refractivity contribution < 1.29 is 46.9 Å². The van der Waals surface area contributed by atoms with Crippen molar-refractivity contribution in [3.63, 3.8) is 0 Å². The van der Waals surface area contributed by atoms with Gasteiger partial charge in [0.25, 0.3) is 0 Å². The highest BCUT2D eigenvalue weighted by Crippen LogP contribution is 2.33. The molecule has 0 unspecified atom stereocenters.